The number of hydrogen-bond acceptors (Lipinski definition) is 5. The van der Waals surface area contributed by atoms with Gasteiger partial charge in [-0.3, -0.25) is 0 Å². The van der Waals surface area contributed by atoms with Crippen LogP contribution in [0.4, 0.5) is 15.9 Å². The molecule has 0 saturated heterocycles. The summed E-state index contributed by atoms with van der Waals surface area (Å²) in [6, 6.07) is 18.7. The summed E-state index contributed by atoms with van der Waals surface area (Å²) >= 11 is 0. The summed E-state index contributed by atoms with van der Waals surface area (Å²) in [4.78, 5) is 8.43. The average Bonchev–Trinajstić information content (AvgIpc) is 2.69. The number of fused-ring (bicyclic) bond motifs is 1. The number of phenolic OH excluding ortho intramolecular Hbond substituents is 1. The van der Waals surface area contributed by atoms with E-state index in [1.54, 1.807) is 48.5 Å². The normalized spacial score (nSPS) is 10.7. The van der Waals surface area contributed by atoms with Crippen LogP contribution in [0.25, 0.3) is 10.9 Å². The van der Waals surface area contributed by atoms with Crippen LogP contribution in [0.3, 0.4) is 0 Å². The van der Waals surface area contributed by atoms with E-state index in [-0.39, 0.29) is 18.2 Å². The van der Waals surface area contributed by atoms with Crippen molar-refractivity contribution in [1.82, 2.24) is 9.97 Å². The predicted octanol–water partition coefficient (Wildman–Crippen LogP) is 4.80. The van der Waals surface area contributed by atoms with Gasteiger partial charge in [0.25, 0.3) is 0 Å². The maximum absolute atomic E-state index is 13.6. The van der Waals surface area contributed by atoms with Gasteiger partial charge in [-0.1, -0.05) is 18.2 Å². The third kappa shape index (κ3) is 3.79. The lowest BCUT2D eigenvalue weighted by atomic mass is 10.2. The molecule has 0 spiro atoms. The highest BCUT2D eigenvalue weighted by molar-refractivity contribution is 5.91. The molecule has 1 aromatic heterocycles. The molecule has 0 radical (unpaired) electrons. The summed E-state index contributed by atoms with van der Waals surface area (Å²) in [6.07, 6.45) is 1.47. The van der Waals surface area contributed by atoms with Crippen LogP contribution < -0.4 is 10.1 Å². The van der Waals surface area contributed by atoms with E-state index in [0.717, 1.165) is 16.6 Å². The van der Waals surface area contributed by atoms with E-state index in [1.807, 2.05) is 12.1 Å². The monoisotopic (exact) mass is 361 g/mol. The van der Waals surface area contributed by atoms with Crippen molar-refractivity contribution in [3.05, 3.63) is 84.4 Å². The zero-order valence-electron chi connectivity index (χ0n) is 14.3. The van der Waals surface area contributed by atoms with Crippen LogP contribution in [0.2, 0.25) is 0 Å². The first kappa shape index (κ1) is 16.8. The van der Waals surface area contributed by atoms with Gasteiger partial charge in [-0.2, -0.15) is 0 Å². The van der Waals surface area contributed by atoms with E-state index < -0.39 is 0 Å². The molecule has 0 saturated carbocycles. The van der Waals surface area contributed by atoms with Gasteiger partial charge >= 0.3 is 0 Å². The van der Waals surface area contributed by atoms with Crippen LogP contribution in [0, 0.1) is 5.82 Å². The van der Waals surface area contributed by atoms with E-state index in [2.05, 4.69) is 15.3 Å². The summed E-state index contributed by atoms with van der Waals surface area (Å²) in [5, 5.41) is 13.6. The van der Waals surface area contributed by atoms with Crippen molar-refractivity contribution in [2.45, 2.75) is 6.61 Å². The number of nitrogens with one attached hydrogen (secondary N) is 1. The molecule has 4 aromatic rings. The Morgan fingerprint density at radius 3 is 2.59 bits per heavy atom. The van der Waals surface area contributed by atoms with Crippen molar-refractivity contribution in [3.63, 3.8) is 0 Å². The molecular formula is C21H16FN3O2. The Labute approximate surface area is 155 Å². The van der Waals surface area contributed by atoms with Crippen LogP contribution in [-0.4, -0.2) is 15.1 Å². The van der Waals surface area contributed by atoms with Gasteiger partial charge in [-0.25, -0.2) is 14.4 Å². The number of phenols is 1. The number of benzene rings is 3. The number of anilines is 2. The van der Waals surface area contributed by atoms with E-state index in [4.69, 9.17) is 4.74 Å². The number of ether oxygens (including phenoxy) is 1. The van der Waals surface area contributed by atoms with Crippen LogP contribution in [0.1, 0.15) is 5.56 Å². The molecule has 4 rings (SSSR count). The molecule has 3 aromatic carbocycles. The minimum absolute atomic E-state index is 0.150. The smallest absolute Gasteiger partial charge is 0.141 e. The second kappa shape index (κ2) is 7.29. The predicted molar refractivity (Wildman–Crippen MR) is 102 cm³/mol. The zero-order valence-corrected chi connectivity index (χ0v) is 14.3. The first-order chi connectivity index (χ1) is 13.2. The molecule has 6 heteroatoms. The van der Waals surface area contributed by atoms with Crippen LogP contribution >= 0.6 is 0 Å². The number of aromatic hydroxyl groups is 1. The van der Waals surface area contributed by atoms with Crippen LogP contribution in [0.5, 0.6) is 11.5 Å². The topological polar surface area (TPSA) is 67.3 Å². The molecule has 2 N–H and O–H groups in total. The SMILES string of the molecule is Oc1ccc2ncnc(Nc3ccc(OCc4ccccc4F)cc3)c2c1. The van der Waals surface area contributed by atoms with Gasteiger partial charge in [0.1, 0.15) is 36.1 Å². The minimum Gasteiger partial charge on any atom is -0.508 e. The van der Waals surface area contributed by atoms with Crippen molar-refractivity contribution in [2.24, 2.45) is 0 Å². The van der Waals surface area contributed by atoms with Crippen molar-refractivity contribution in [3.8, 4) is 11.5 Å². The Bertz CT molecular complexity index is 1080. The van der Waals surface area contributed by atoms with E-state index in [0.29, 0.717) is 17.1 Å². The second-order valence-corrected chi connectivity index (χ2v) is 5.95. The van der Waals surface area contributed by atoms with Crippen LogP contribution in [-0.2, 0) is 6.61 Å². The largest absolute Gasteiger partial charge is 0.508 e. The molecule has 0 aliphatic rings. The second-order valence-electron chi connectivity index (χ2n) is 5.95. The number of nitrogens with zero attached hydrogens (tertiary/aromatic N) is 2. The summed E-state index contributed by atoms with van der Waals surface area (Å²) < 4.78 is 19.3. The van der Waals surface area contributed by atoms with E-state index in [1.165, 1.54) is 12.4 Å². The number of hydrogen-bond donors (Lipinski definition) is 2. The van der Waals surface area contributed by atoms with Crippen molar-refractivity contribution in [2.75, 3.05) is 5.32 Å². The third-order valence-electron chi connectivity index (χ3n) is 4.09. The first-order valence-electron chi connectivity index (χ1n) is 8.36. The summed E-state index contributed by atoms with van der Waals surface area (Å²) in [5.41, 5.74) is 2.04. The van der Waals surface area contributed by atoms with Gasteiger partial charge in [-0.15, -0.1) is 0 Å². The Morgan fingerprint density at radius 2 is 1.78 bits per heavy atom. The van der Waals surface area contributed by atoms with E-state index in [9.17, 15) is 9.50 Å². The third-order valence-corrected chi connectivity index (χ3v) is 4.09. The summed E-state index contributed by atoms with van der Waals surface area (Å²) in [6.45, 7) is 0.162. The standard InChI is InChI=1S/C21H16FN3O2/c22-19-4-2-1-3-14(19)12-27-17-8-5-15(6-9-17)25-21-18-11-16(26)7-10-20(18)23-13-24-21/h1-11,13,26H,12H2,(H,23,24,25). The molecule has 0 fully saturated rings. The maximum atomic E-state index is 13.6. The fourth-order valence-corrected chi connectivity index (χ4v) is 2.69. The molecule has 0 bridgehead atoms. The molecular weight excluding hydrogens is 345 g/mol. The molecule has 134 valence electrons. The molecule has 0 amide bonds. The lowest BCUT2D eigenvalue weighted by Gasteiger charge is -2.10. The first-order valence-corrected chi connectivity index (χ1v) is 8.36. The number of aromatic nitrogens is 2. The summed E-state index contributed by atoms with van der Waals surface area (Å²) in [7, 11) is 0. The molecule has 0 unspecified atom stereocenters. The van der Waals surface area contributed by atoms with Gasteiger partial charge in [0.2, 0.25) is 0 Å². The van der Waals surface area contributed by atoms with E-state index >= 15 is 0 Å². The van der Waals surface area contributed by atoms with Crippen molar-refractivity contribution < 1.29 is 14.2 Å². The number of rotatable bonds is 5. The maximum Gasteiger partial charge on any atom is 0.141 e. The highest BCUT2D eigenvalue weighted by Gasteiger charge is 2.06. The average molecular weight is 361 g/mol. The lowest BCUT2D eigenvalue weighted by molar-refractivity contribution is 0.300. The van der Waals surface area contributed by atoms with Crippen molar-refractivity contribution in [1.29, 1.82) is 0 Å². The minimum atomic E-state index is -0.283. The van der Waals surface area contributed by atoms with Gasteiger partial charge in [0, 0.05) is 16.6 Å². The molecule has 0 aliphatic heterocycles. The summed E-state index contributed by atoms with van der Waals surface area (Å²) in [5.74, 6) is 1.09. The molecule has 27 heavy (non-hydrogen) atoms. The molecule has 0 atom stereocenters. The molecule has 5 nitrogen and oxygen atoms in total. The molecule has 1 heterocycles. The van der Waals surface area contributed by atoms with Gasteiger partial charge in [0.05, 0.1) is 5.52 Å². The van der Waals surface area contributed by atoms with Crippen molar-refractivity contribution >= 4 is 22.4 Å². The van der Waals surface area contributed by atoms with Gasteiger partial charge < -0.3 is 15.2 Å². The Morgan fingerprint density at radius 1 is 0.963 bits per heavy atom. The van der Waals surface area contributed by atoms with Gasteiger partial charge in [-0.05, 0) is 48.5 Å². The fourth-order valence-electron chi connectivity index (χ4n) is 2.69. The Kier molecular flexibility index (Phi) is 4.53. The highest BCUT2D eigenvalue weighted by Crippen LogP contribution is 2.27. The molecule has 0 aliphatic carbocycles. The quantitative estimate of drug-likeness (QED) is 0.535. The zero-order chi connectivity index (χ0) is 18.6. The Balaban J connectivity index is 1.48. The number of halogens is 1. The Hall–Kier alpha value is -3.67. The fraction of sp³-hybridized carbons (Fsp3) is 0.0476. The highest BCUT2D eigenvalue weighted by atomic mass is 19.1. The van der Waals surface area contributed by atoms with Crippen LogP contribution in [0.15, 0.2) is 73.1 Å². The van der Waals surface area contributed by atoms with Gasteiger partial charge in [0.15, 0.2) is 0 Å². The lowest BCUT2D eigenvalue weighted by Crippen LogP contribution is -1.99.